The Morgan fingerprint density at radius 3 is 2.61 bits per heavy atom. The molecular weight excluding hydrogens is 333 g/mol. The molecule has 124 valence electrons. The molecule has 1 aromatic heterocycles. The van der Waals surface area contributed by atoms with Gasteiger partial charge in [-0.05, 0) is 44.0 Å². The molecule has 0 N–H and O–H groups in total. The number of hydrogen-bond donors (Lipinski definition) is 0. The first-order valence-corrected chi connectivity index (χ1v) is 10.1. The molecule has 23 heavy (non-hydrogen) atoms. The van der Waals surface area contributed by atoms with Gasteiger partial charge >= 0.3 is 0 Å². The van der Waals surface area contributed by atoms with E-state index in [0.717, 1.165) is 35.4 Å². The highest BCUT2D eigenvalue weighted by Gasteiger charge is 2.35. The van der Waals surface area contributed by atoms with Gasteiger partial charge in [-0.15, -0.1) is 11.3 Å². The van der Waals surface area contributed by atoms with Crippen LogP contribution in [0.3, 0.4) is 0 Å². The maximum atomic E-state index is 14.1. The number of nitrogens with zero attached hydrogens (tertiary/aromatic N) is 1. The lowest BCUT2D eigenvalue weighted by molar-refractivity contribution is 0.331. The van der Waals surface area contributed by atoms with E-state index in [2.05, 4.69) is 0 Å². The fourth-order valence-corrected chi connectivity index (χ4v) is 5.90. The van der Waals surface area contributed by atoms with Gasteiger partial charge in [-0.25, -0.2) is 12.8 Å². The van der Waals surface area contributed by atoms with Crippen molar-refractivity contribution >= 4 is 21.4 Å². The number of sulfonamides is 1. The molecule has 2 aromatic rings. The summed E-state index contributed by atoms with van der Waals surface area (Å²) < 4.78 is 41.7. The molecule has 1 atom stereocenters. The van der Waals surface area contributed by atoms with Gasteiger partial charge in [0.15, 0.2) is 0 Å². The Balaban J connectivity index is 2.04. The zero-order chi connectivity index (χ0) is 16.4. The molecule has 3 rings (SSSR count). The van der Waals surface area contributed by atoms with E-state index < -0.39 is 15.8 Å². The van der Waals surface area contributed by atoms with E-state index >= 15 is 0 Å². The second-order valence-electron chi connectivity index (χ2n) is 5.86. The summed E-state index contributed by atoms with van der Waals surface area (Å²) in [5, 5.41) is 0. The molecule has 0 bridgehead atoms. The fraction of sp³-hybridized carbons (Fsp3) is 0.412. The highest BCUT2D eigenvalue weighted by molar-refractivity contribution is 7.89. The average molecular weight is 353 g/mol. The molecule has 2 heterocycles. The molecule has 0 aliphatic carbocycles. The van der Waals surface area contributed by atoms with Crippen LogP contribution < -0.4 is 0 Å². The van der Waals surface area contributed by atoms with Crippen LogP contribution >= 0.6 is 11.3 Å². The molecule has 1 aliphatic rings. The minimum absolute atomic E-state index is 0.194. The van der Waals surface area contributed by atoms with Crippen LogP contribution in [0.2, 0.25) is 0 Å². The fourth-order valence-electron chi connectivity index (χ4n) is 3.07. The zero-order valence-electron chi connectivity index (χ0n) is 13.0. The molecule has 1 unspecified atom stereocenters. The van der Waals surface area contributed by atoms with Crippen LogP contribution in [0.5, 0.6) is 0 Å². The lowest BCUT2D eigenvalue weighted by atomic mass is 10.1. The van der Waals surface area contributed by atoms with Crippen LogP contribution in [0.25, 0.3) is 0 Å². The Bertz CT molecular complexity index is 785. The molecule has 1 aliphatic heterocycles. The molecular formula is C17H20FNO2S2. The number of hydrogen-bond acceptors (Lipinski definition) is 3. The predicted molar refractivity (Wildman–Crippen MR) is 90.6 cm³/mol. The number of benzene rings is 1. The first-order chi connectivity index (χ1) is 11.0. The summed E-state index contributed by atoms with van der Waals surface area (Å²) >= 11 is 1.62. The van der Waals surface area contributed by atoms with Crippen LogP contribution in [-0.4, -0.2) is 19.3 Å². The summed E-state index contributed by atoms with van der Waals surface area (Å²) in [6, 6.07) is 9.45. The Hall–Kier alpha value is -1.24. The molecule has 1 aromatic carbocycles. The smallest absolute Gasteiger partial charge is 0.207 e. The van der Waals surface area contributed by atoms with Gasteiger partial charge in [0.2, 0.25) is 10.0 Å². The minimum atomic E-state index is -3.84. The summed E-state index contributed by atoms with van der Waals surface area (Å²) in [5.41, 5.74) is 0. The number of thiophene rings is 1. The van der Waals surface area contributed by atoms with Gasteiger partial charge in [0, 0.05) is 16.3 Å². The van der Waals surface area contributed by atoms with E-state index in [1.165, 1.54) is 22.5 Å². The van der Waals surface area contributed by atoms with Crippen molar-refractivity contribution < 1.29 is 12.8 Å². The Kier molecular flexibility index (Phi) is 4.85. The van der Waals surface area contributed by atoms with Crippen molar-refractivity contribution in [3.63, 3.8) is 0 Å². The molecule has 0 spiro atoms. The summed E-state index contributed by atoms with van der Waals surface area (Å²) in [6.07, 6.45) is 3.59. The van der Waals surface area contributed by atoms with E-state index in [0.29, 0.717) is 6.54 Å². The Labute approximate surface area is 140 Å². The van der Waals surface area contributed by atoms with Crippen molar-refractivity contribution in [2.24, 2.45) is 0 Å². The zero-order valence-corrected chi connectivity index (χ0v) is 14.7. The number of halogens is 1. The minimum Gasteiger partial charge on any atom is -0.207 e. The van der Waals surface area contributed by atoms with Gasteiger partial charge in [-0.2, -0.15) is 4.31 Å². The third-order valence-electron chi connectivity index (χ3n) is 4.22. The predicted octanol–water partition coefficient (Wildman–Crippen LogP) is 4.50. The summed E-state index contributed by atoms with van der Waals surface area (Å²) in [4.78, 5) is 1.98. The standard InChI is InChI=1S/C17H20FNO2S2/c1-13-10-11-16(22-13)15-8-3-2-6-12-19(15)23(20,21)17-9-5-4-7-14(17)18/h4-5,7,9-11,15H,2-3,6,8,12H2,1H3. The number of rotatable bonds is 3. The van der Waals surface area contributed by atoms with Crippen molar-refractivity contribution in [3.8, 4) is 0 Å². The van der Waals surface area contributed by atoms with Crippen molar-refractivity contribution in [1.29, 1.82) is 0 Å². The van der Waals surface area contributed by atoms with Gasteiger partial charge in [0.25, 0.3) is 0 Å². The largest absolute Gasteiger partial charge is 0.246 e. The van der Waals surface area contributed by atoms with Gasteiger partial charge in [0.1, 0.15) is 10.7 Å². The van der Waals surface area contributed by atoms with Crippen LogP contribution in [0.1, 0.15) is 41.5 Å². The van der Waals surface area contributed by atoms with Gasteiger partial charge in [-0.1, -0.05) is 25.0 Å². The van der Waals surface area contributed by atoms with Gasteiger partial charge in [-0.3, -0.25) is 0 Å². The second kappa shape index (κ2) is 6.71. The van der Waals surface area contributed by atoms with E-state index in [9.17, 15) is 12.8 Å². The van der Waals surface area contributed by atoms with E-state index in [1.807, 2.05) is 19.1 Å². The highest BCUT2D eigenvalue weighted by atomic mass is 32.2. The Morgan fingerprint density at radius 1 is 1.13 bits per heavy atom. The summed E-state index contributed by atoms with van der Waals surface area (Å²) in [5.74, 6) is -0.683. The van der Waals surface area contributed by atoms with Crippen molar-refractivity contribution in [2.75, 3.05) is 6.54 Å². The maximum Gasteiger partial charge on any atom is 0.246 e. The van der Waals surface area contributed by atoms with Crippen molar-refractivity contribution in [2.45, 2.75) is 43.5 Å². The maximum absolute atomic E-state index is 14.1. The van der Waals surface area contributed by atoms with Crippen LogP contribution in [0.4, 0.5) is 4.39 Å². The summed E-state index contributed by atoms with van der Waals surface area (Å²) in [6.45, 7) is 2.46. The molecule has 0 saturated carbocycles. The van der Waals surface area contributed by atoms with Gasteiger partial charge < -0.3 is 0 Å². The first-order valence-electron chi connectivity index (χ1n) is 7.83. The lowest BCUT2D eigenvalue weighted by Gasteiger charge is -2.28. The van der Waals surface area contributed by atoms with E-state index in [-0.39, 0.29) is 10.9 Å². The quantitative estimate of drug-likeness (QED) is 0.814. The SMILES string of the molecule is Cc1ccc(C2CCCCCN2S(=O)(=O)c2ccccc2F)s1. The van der Waals surface area contributed by atoms with Gasteiger partial charge in [0.05, 0.1) is 6.04 Å². The average Bonchev–Trinajstić information content (AvgIpc) is 2.80. The third-order valence-corrected chi connectivity index (χ3v) is 7.26. The topological polar surface area (TPSA) is 37.4 Å². The first kappa shape index (κ1) is 16.6. The van der Waals surface area contributed by atoms with Crippen LogP contribution in [0.15, 0.2) is 41.3 Å². The monoisotopic (exact) mass is 353 g/mol. The third kappa shape index (κ3) is 3.34. The van der Waals surface area contributed by atoms with Crippen LogP contribution in [-0.2, 0) is 10.0 Å². The van der Waals surface area contributed by atoms with Crippen molar-refractivity contribution in [3.05, 3.63) is 52.0 Å². The van der Waals surface area contributed by atoms with Crippen molar-refractivity contribution in [1.82, 2.24) is 4.31 Å². The number of aryl methyl sites for hydroxylation is 1. The molecule has 1 fully saturated rings. The molecule has 1 saturated heterocycles. The van der Waals surface area contributed by atoms with E-state index in [4.69, 9.17) is 0 Å². The molecule has 0 amide bonds. The second-order valence-corrected chi connectivity index (χ2v) is 9.04. The lowest BCUT2D eigenvalue weighted by Crippen LogP contribution is -2.35. The Morgan fingerprint density at radius 2 is 1.91 bits per heavy atom. The molecule has 6 heteroatoms. The normalized spacial score (nSPS) is 20.3. The van der Waals surface area contributed by atoms with E-state index in [1.54, 1.807) is 17.4 Å². The highest BCUT2D eigenvalue weighted by Crippen LogP contribution is 2.37. The molecule has 0 radical (unpaired) electrons. The van der Waals surface area contributed by atoms with Crippen LogP contribution in [0, 0.1) is 12.7 Å². The molecule has 3 nitrogen and oxygen atoms in total. The summed E-state index contributed by atoms with van der Waals surface area (Å²) in [7, 11) is -3.84.